The van der Waals surface area contributed by atoms with E-state index < -0.39 is 0 Å². The molecule has 20 heavy (non-hydrogen) atoms. The van der Waals surface area contributed by atoms with Crippen molar-refractivity contribution in [1.29, 1.82) is 0 Å². The molecule has 0 bridgehead atoms. The second-order valence-corrected chi connectivity index (χ2v) is 8.36. The molecule has 0 saturated carbocycles. The van der Waals surface area contributed by atoms with Gasteiger partial charge < -0.3 is 5.32 Å². The Balaban J connectivity index is 1.88. The van der Waals surface area contributed by atoms with E-state index in [1.54, 1.807) is 5.56 Å². The Morgan fingerprint density at radius 2 is 2.25 bits per heavy atom. The third-order valence-corrected chi connectivity index (χ3v) is 6.33. The predicted molar refractivity (Wildman–Crippen MR) is 92.9 cm³/mol. The van der Waals surface area contributed by atoms with Crippen LogP contribution in [0.3, 0.4) is 0 Å². The largest absolute Gasteiger partial charge is 0.312 e. The second-order valence-electron chi connectivity index (χ2n) is 5.61. The Labute approximate surface area is 132 Å². The van der Waals surface area contributed by atoms with E-state index in [4.69, 9.17) is 0 Å². The number of thiophene rings is 1. The number of hydrogen-bond donors (Lipinski definition) is 1. The Morgan fingerprint density at radius 1 is 1.40 bits per heavy atom. The predicted octanol–water partition coefficient (Wildman–Crippen LogP) is 3.88. The fourth-order valence-electron chi connectivity index (χ4n) is 2.63. The molecule has 0 aromatic carbocycles. The van der Waals surface area contributed by atoms with Crippen LogP contribution in [-0.2, 0) is 13.1 Å². The van der Waals surface area contributed by atoms with Crippen LogP contribution in [0.5, 0.6) is 0 Å². The summed E-state index contributed by atoms with van der Waals surface area (Å²) in [6, 6.07) is 2.42. The molecule has 2 rings (SSSR count). The Bertz CT molecular complexity index is 403. The minimum atomic E-state index is 0.841. The zero-order valence-electron chi connectivity index (χ0n) is 13.1. The third-order valence-electron chi connectivity index (χ3n) is 3.87. The average Bonchev–Trinajstić information content (AvgIpc) is 2.80. The molecule has 4 heteroatoms. The molecule has 0 radical (unpaired) electrons. The number of rotatable bonds is 7. The van der Waals surface area contributed by atoms with Crippen LogP contribution in [0.2, 0.25) is 0 Å². The highest BCUT2D eigenvalue weighted by Gasteiger charge is 2.19. The summed E-state index contributed by atoms with van der Waals surface area (Å²) in [7, 11) is 0. The molecule has 1 N–H and O–H groups in total. The zero-order chi connectivity index (χ0) is 14.4. The first-order valence-corrected chi connectivity index (χ1v) is 9.72. The maximum absolute atomic E-state index is 3.51. The highest BCUT2D eigenvalue weighted by molar-refractivity contribution is 8.00. The summed E-state index contributed by atoms with van der Waals surface area (Å²) >= 11 is 4.12. The molecule has 1 aromatic heterocycles. The summed E-state index contributed by atoms with van der Waals surface area (Å²) in [5, 5.41) is 4.35. The topological polar surface area (TPSA) is 15.3 Å². The van der Waals surface area contributed by atoms with E-state index >= 15 is 0 Å². The number of hydrogen-bond acceptors (Lipinski definition) is 4. The van der Waals surface area contributed by atoms with Crippen molar-refractivity contribution in [2.75, 3.05) is 25.4 Å². The molecule has 2 heterocycles. The van der Waals surface area contributed by atoms with Gasteiger partial charge in [-0.05, 0) is 37.9 Å². The second kappa shape index (κ2) is 8.42. The number of nitrogens with one attached hydrogen (secondary N) is 1. The molecular weight excluding hydrogens is 284 g/mol. The molecule has 1 fully saturated rings. The van der Waals surface area contributed by atoms with Gasteiger partial charge in [-0.15, -0.1) is 11.3 Å². The van der Waals surface area contributed by atoms with Gasteiger partial charge in [0, 0.05) is 46.9 Å². The van der Waals surface area contributed by atoms with Crippen molar-refractivity contribution in [1.82, 2.24) is 10.2 Å². The van der Waals surface area contributed by atoms with E-state index in [0.717, 1.165) is 24.9 Å². The van der Waals surface area contributed by atoms with E-state index in [2.05, 4.69) is 48.8 Å². The fraction of sp³-hybridized carbons (Fsp3) is 0.750. The van der Waals surface area contributed by atoms with Crippen molar-refractivity contribution in [3.63, 3.8) is 0 Å². The first-order chi connectivity index (χ1) is 9.72. The molecule has 1 aromatic rings. The minimum absolute atomic E-state index is 0.841. The Morgan fingerprint density at radius 3 is 3.00 bits per heavy atom. The molecule has 1 aliphatic rings. The smallest absolute Gasteiger partial charge is 0.0299 e. The molecule has 0 spiro atoms. The normalized spacial score (nSPS) is 20.4. The fourth-order valence-corrected chi connectivity index (χ4v) is 4.90. The van der Waals surface area contributed by atoms with E-state index in [1.807, 2.05) is 11.3 Å². The van der Waals surface area contributed by atoms with Crippen molar-refractivity contribution < 1.29 is 0 Å². The summed E-state index contributed by atoms with van der Waals surface area (Å²) in [6.45, 7) is 12.6. The lowest BCUT2D eigenvalue weighted by molar-refractivity contribution is 0.273. The maximum atomic E-state index is 3.51. The third kappa shape index (κ3) is 4.76. The van der Waals surface area contributed by atoms with Crippen LogP contribution in [0.4, 0.5) is 0 Å². The van der Waals surface area contributed by atoms with Gasteiger partial charge in [0.15, 0.2) is 0 Å². The highest BCUT2D eigenvalue weighted by atomic mass is 32.2. The van der Waals surface area contributed by atoms with Gasteiger partial charge in [0.2, 0.25) is 0 Å². The SMILES string of the molecule is CCCNCc1cc(CN2CCSC(CC)C2)c(C)s1. The molecule has 1 aliphatic heterocycles. The van der Waals surface area contributed by atoms with Gasteiger partial charge >= 0.3 is 0 Å². The Kier molecular flexibility index (Phi) is 6.88. The maximum Gasteiger partial charge on any atom is 0.0299 e. The van der Waals surface area contributed by atoms with Gasteiger partial charge in [0.1, 0.15) is 0 Å². The van der Waals surface area contributed by atoms with Crippen LogP contribution >= 0.6 is 23.1 Å². The first-order valence-electron chi connectivity index (χ1n) is 7.85. The van der Waals surface area contributed by atoms with Crippen molar-refractivity contribution in [3.05, 3.63) is 21.4 Å². The van der Waals surface area contributed by atoms with Crippen molar-refractivity contribution >= 4 is 23.1 Å². The minimum Gasteiger partial charge on any atom is -0.312 e. The van der Waals surface area contributed by atoms with Gasteiger partial charge in [-0.2, -0.15) is 11.8 Å². The van der Waals surface area contributed by atoms with Crippen molar-refractivity contribution in [2.24, 2.45) is 0 Å². The van der Waals surface area contributed by atoms with Crippen molar-refractivity contribution in [3.8, 4) is 0 Å². The van der Waals surface area contributed by atoms with E-state index in [9.17, 15) is 0 Å². The van der Waals surface area contributed by atoms with Crippen molar-refractivity contribution in [2.45, 2.75) is 52.0 Å². The Hall–Kier alpha value is -0.0300. The molecular formula is C16H28N2S2. The lowest BCUT2D eigenvalue weighted by Crippen LogP contribution is -2.37. The summed E-state index contributed by atoms with van der Waals surface area (Å²) < 4.78 is 0. The molecule has 114 valence electrons. The molecule has 2 nitrogen and oxygen atoms in total. The lowest BCUT2D eigenvalue weighted by Gasteiger charge is -2.31. The average molecular weight is 313 g/mol. The van der Waals surface area contributed by atoms with Crippen LogP contribution in [0.15, 0.2) is 6.07 Å². The summed E-state index contributed by atoms with van der Waals surface area (Å²) in [6.07, 6.45) is 2.51. The quantitative estimate of drug-likeness (QED) is 0.769. The van der Waals surface area contributed by atoms with Gasteiger partial charge in [0.05, 0.1) is 0 Å². The molecule has 1 unspecified atom stereocenters. The van der Waals surface area contributed by atoms with Crippen LogP contribution in [0.1, 0.15) is 42.0 Å². The highest BCUT2D eigenvalue weighted by Crippen LogP contribution is 2.26. The number of aryl methyl sites for hydroxylation is 1. The molecule has 1 atom stereocenters. The first kappa shape index (κ1) is 16.3. The van der Waals surface area contributed by atoms with Gasteiger partial charge in [-0.3, -0.25) is 4.90 Å². The zero-order valence-corrected chi connectivity index (χ0v) is 14.7. The lowest BCUT2D eigenvalue weighted by atomic mass is 10.2. The van der Waals surface area contributed by atoms with Gasteiger partial charge in [-0.1, -0.05) is 13.8 Å². The summed E-state index contributed by atoms with van der Waals surface area (Å²) in [5.74, 6) is 1.30. The van der Waals surface area contributed by atoms with Crippen LogP contribution in [0.25, 0.3) is 0 Å². The summed E-state index contributed by atoms with van der Waals surface area (Å²) in [4.78, 5) is 5.64. The van der Waals surface area contributed by atoms with Gasteiger partial charge in [-0.25, -0.2) is 0 Å². The summed E-state index contributed by atoms with van der Waals surface area (Å²) in [5.41, 5.74) is 1.55. The van der Waals surface area contributed by atoms with Crippen LogP contribution in [-0.4, -0.2) is 35.5 Å². The van der Waals surface area contributed by atoms with Crippen LogP contribution < -0.4 is 5.32 Å². The van der Waals surface area contributed by atoms with Gasteiger partial charge in [0.25, 0.3) is 0 Å². The standard InChI is InChI=1S/C16H28N2S2/c1-4-6-17-10-16-9-14(13(3)20-16)11-18-7-8-19-15(5-2)12-18/h9,15,17H,4-8,10-12H2,1-3H3. The van der Waals surface area contributed by atoms with Crippen LogP contribution in [0, 0.1) is 6.92 Å². The van der Waals surface area contributed by atoms with E-state index in [0.29, 0.717) is 0 Å². The molecule has 1 saturated heterocycles. The molecule has 0 aliphatic carbocycles. The monoisotopic (exact) mass is 312 g/mol. The van der Waals surface area contributed by atoms with E-state index in [-0.39, 0.29) is 0 Å². The number of nitrogens with zero attached hydrogens (tertiary/aromatic N) is 1. The van der Waals surface area contributed by atoms with E-state index in [1.165, 1.54) is 41.4 Å². The number of thioether (sulfide) groups is 1. The molecule has 0 amide bonds.